The third-order valence-corrected chi connectivity index (χ3v) is 4.03. The van der Waals surface area contributed by atoms with Crippen molar-refractivity contribution >= 4 is 17.6 Å². The molecule has 27 heavy (non-hydrogen) atoms. The molecule has 9 heteroatoms. The van der Waals surface area contributed by atoms with E-state index in [0.717, 1.165) is 12.1 Å². The molecule has 0 aliphatic rings. The lowest BCUT2D eigenvalue weighted by atomic mass is 10.1. The Balaban J connectivity index is 2.20. The Morgan fingerprint density at radius 3 is 2.56 bits per heavy atom. The van der Waals surface area contributed by atoms with Crippen molar-refractivity contribution in [2.45, 2.75) is 39.4 Å². The van der Waals surface area contributed by atoms with E-state index in [1.807, 2.05) is 6.92 Å². The van der Waals surface area contributed by atoms with Gasteiger partial charge in [-0.3, -0.25) is 9.59 Å². The van der Waals surface area contributed by atoms with Crippen molar-refractivity contribution in [3.8, 4) is 0 Å². The van der Waals surface area contributed by atoms with Crippen molar-refractivity contribution in [1.82, 2.24) is 10.1 Å². The van der Waals surface area contributed by atoms with Crippen LogP contribution in [0.3, 0.4) is 0 Å². The Labute approximate surface area is 154 Å². The molecule has 2 aromatic rings. The number of hydrogen-bond donors (Lipinski definition) is 1. The van der Waals surface area contributed by atoms with E-state index < -0.39 is 23.6 Å². The molecule has 2 rings (SSSR count). The summed E-state index contributed by atoms with van der Waals surface area (Å²) in [6.45, 7) is 4.87. The van der Waals surface area contributed by atoms with Gasteiger partial charge >= 0.3 is 6.18 Å². The molecule has 1 unspecified atom stereocenters. The van der Waals surface area contributed by atoms with Crippen molar-refractivity contribution in [3.63, 3.8) is 0 Å². The maximum Gasteiger partial charge on any atom is 0.416 e. The molecule has 6 nitrogen and oxygen atoms in total. The predicted molar refractivity (Wildman–Crippen MR) is 92.1 cm³/mol. The quantitative estimate of drug-likeness (QED) is 0.821. The zero-order valence-electron chi connectivity index (χ0n) is 15.1. The Morgan fingerprint density at radius 2 is 2.00 bits per heavy atom. The maximum absolute atomic E-state index is 12.9. The van der Waals surface area contributed by atoms with E-state index in [-0.39, 0.29) is 24.0 Å². The zero-order valence-corrected chi connectivity index (χ0v) is 15.1. The Kier molecular flexibility index (Phi) is 6.24. The molecule has 146 valence electrons. The van der Waals surface area contributed by atoms with Crippen molar-refractivity contribution < 1.29 is 27.3 Å². The number of benzene rings is 1. The van der Waals surface area contributed by atoms with E-state index in [2.05, 4.69) is 10.5 Å². The third kappa shape index (κ3) is 5.32. The van der Waals surface area contributed by atoms with Crippen LogP contribution in [0.1, 0.15) is 41.9 Å². The van der Waals surface area contributed by atoms with Gasteiger partial charge in [0, 0.05) is 17.7 Å². The summed E-state index contributed by atoms with van der Waals surface area (Å²) >= 11 is 0. The van der Waals surface area contributed by atoms with E-state index in [1.165, 1.54) is 23.1 Å². The summed E-state index contributed by atoms with van der Waals surface area (Å²) in [6.07, 6.45) is -4.03. The van der Waals surface area contributed by atoms with Crippen molar-refractivity contribution in [2.24, 2.45) is 0 Å². The molecule has 1 aromatic carbocycles. The second-order valence-electron chi connectivity index (χ2n) is 6.14. The van der Waals surface area contributed by atoms with Crippen molar-refractivity contribution in [2.75, 3.05) is 11.9 Å². The van der Waals surface area contributed by atoms with Gasteiger partial charge in [-0.25, -0.2) is 0 Å². The zero-order chi connectivity index (χ0) is 20.2. The molecule has 0 aliphatic carbocycles. The SMILES string of the molecule is CCC(C)N(CC(=O)Nc1cc(C)on1)C(=O)c1cccc(C(F)(F)F)c1. The van der Waals surface area contributed by atoms with Gasteiger partial charge in [-0.1, -0.05) is 18.1 Å². The van der Waals surface area contributed by atoms with Crippen LogP contribution in [0.15, 0.2) is 34.9 Å². The first-order chi connectivity index (χ1) is 12.6. The molecule has 0 saturated carbocycles. The number of amides is 2. The molecule has 1 atom stereocenters. The fraction of sp³-hybridized carbons (Fsp3) is 0.389. The number of aromatic nitrogens is 1. The van der Waals surface area contributed by atoms with Crippen LogP contribution in [0.2, 0.25) is 0 Å². The molecule has 0 bridgehead atoms. The Morgan fingerprint density at radius 1 is 1.30 bits per heavy atom. The molecule has 1 N–H and O–H groups in total. The fourth-order valence-corrected chi connectivity index (χ4v) is 2.40. The van der Waals surface area contributed by atoms with Gasteiger partial charge in [-0.15, -0.1) is 0 Å². The molecule has 0 spiro atoms. The normalized spacial score (nSPS) is 12.5. The summed E-state index contributed by atoms with van der Waals surface area (Å²) in [5.74, 6) is -0.469. The summed E-state index contributed by atoms with van der Waals surface area (Å²) in [7, 11) is 0. The summed E-state index contributed by atoms with van der Waals surface area (Å²) in [6, 6.07) is 5.31. The molecule has 0 radical (unpaired) electrons. The van der Waals surface area contributed by atoms with E-state index in [0.29, 0.717) is 12.2 Å². The average Bonchev–Trinajstić information content (AvgIpc) is 3.02. The standard InChI is InChI=1S/C18H20F3N3O3/c1-4-11(2)24(10-16(25)22-15-8-12(3)27-23-15)17(26)13-6-5-7-14(9-13)18(19,20)21/h5-9,11H,4,10H2,1-3H3,(H,22,23,25). The van der Waals surface area contributed by atoms with Crippen molar-refractivity contribution in [1.29, 1.82) is 0 Å². The van der Waals surface area contributed by atoms with Crippen LogP contribution in [-0.2, 0) is 11.0 Å². The lowest BCUT2D eigenvalue weighted by molar-refractivity contribution is -0.137. The molecule has 0 fully saturated rings. The number of hydrogen-bond acceptors (Lipinski definition) is 4. The number of nitrogens with zero attached hydrogens (tertiary/aromatic N) is 2. The minimum Gasteiger partial charge on any atom is -0.360 e. The van der Waals surface area contributed by atoms with Crippen LogP contribution in [0.25, 0.3) is 0 Å². The monoisotopic (exact) mass is 383 g/mol. The highest BCUT2D eigenvalue weighted by molar-refractivity contribution is 5.99. The van der Waals surface area contributed by atoms with E-state index in [1.54, 1.807) is 13.8 Å². The minimum atomic E-state index is -4.56. The lowest BCUT2D eigenvalue weighted by Crippen LogP contribution is -2.43. The largest absolute Gasteiger partial charge is 0.416 e. The summed E-state index contributed by atoms with van der Waals surface area (Å²) < 4.78 is 43.6. The number of carbonyl (C=O) groups is 2. The van der Waals surface area contributed by atoms with Crippen LogP contribution < -0.4 is 5.32 Å². The van der Waals surface area contributed by atoms with Crippen LogP contribution >= 0.6 is 0 Å². The number of carbonyl (C=O) groups excluding carboxylic acids is 2. The second-order valence-corrected chi connectivity index (χ2v) is 6.14. The summed E-state index contributed by atoms with van der Waals surface area (Å²) in [5.41, 5.74) is -1.05. The highest BCUT2D eigenvalue weighted by atomic mass is 19.4. The Hall–Kier alpha value is -2.84. The van der Waals surface area contributed by atoms with Crippen LogP contribution in [-0.4, -0.2) is 34.5 Å². The number of alkyl halides is 3. The number of anilines is 1. The van der Waals surface area contributed by atoms with Gasteiger partial charge in [0.1, 0.15) is 12.3 Å². The van der Waals surface area contributed by atoms with Crippen LogP contribution in [0, 0.1) is 6.92 Å². The summed E-state index contributed by atoms with van der Waals surface area (Å²) in [5, 5.41) is 6.13. The first-order valence-electron chi connectivity index (χ1n) is 8.33. The van der Waals surface area contributed by atoms with Crippen LogP contribution in [0.4, 0.5) is 19.0 Å². The third-order valence-electron chi connectivity index (χ3n) is 4.03. The molecular formula is C18H20F3N3O3. The first kappa shape index (κ1) is 20.5. The number of rotatable bonds is 6. The van der Waals surface area contributed by atoms with Gasteiger partial charge in [-0.2, -0.15) is 13.2 Å². The smallest absolute Gasteiger partial charge is 0.360 e. The summed E-state index contributed by atoms with van der Waals surface area (Å²) in [4.78, 5) is 26.2. The van der Waals surface area contributed by atoms with E-state index in [4.69, 9.17) is 4.52 Å². The predicted octanol–water partition coefficient (Wildman–Crippen LogP) is 3.88. The van der Waals surface area contributed by atoms with Gasteiger partial charge in [0.2, 0.25) is 5.91 Å². The van der Waals surface area contributed by atoms with Gasteiger partial charge in [-0.05, 0) is 38.5 Å². The van der Waals surface area contributed by atoms with Gasteiger partial charge in [0.25, 0.3) is 5.91 Å². The highest BCUT2D eigenvalue weighted by Crippen LogP contribution is 2.30. The molecule has 1 aromatic heterocycles. The molecule has 2 amide bonds. The fourth-order valence-electron chi connectivity index (χ4n) is 2.40. The minimum absolute atomic E-state index is 0.129. The molecule has 1 heterocycles. The molecule has 0 aliphatic heterocycles. The highest BCUT2D eigenvalue weighted by Gasteiger charge is 2.32. The lowest BCUT2D eigenvalue weighted by Gasteiger charge is -2.28. The van der Waals surface area contributed by atoms with Gasteiger partial charge in [0.15, 0.2) is 5.82 Å². The van der Waals surface area contributed by atoms with E-state index in [9.17, 15) is 22.8 Å². The van der Waals surface area contributed by atoms with Crippen molar-refractivity contribution in [3.05, 3.63) is 47.2 Å². The van der Waals surface area contributed by atoms with E-state index >= 15 is 0 Å². The number of aryl methyl sites for hydroxylation is 1. The first-order valence-corrected chi connectivity index (χ1v) is 8.33. The molecule has 0 saturated heterocycles. The van der Waals surface area contributed by atoms with Gasteiger partial charge < -0.3 is 14.7 Å². The molecular weight excluding hydrogens is 363 g/mol. The topological polar surface area (TPSA) is 75.4 Å². The Bertz CT molecular complexity index is 817. The van der Waals surface area contributed by atoms with Gasteiger partial charge in [0.05, 0.1) is 5.56 Å². The second kappa shape index (κ2) is 8.24. The maximum atomic E-state index is 12.9. The average molecular weight is 383 g/mol. The number of halogens is 3. The van der Waals surface area contributed by atoms with Crippen LogP contribution in [0.5, 0.6) is 0 Å². The number of nitrogens with one attached hydrogen (secondary N) is 1.